The number of aryl methyl sites for hydroxylation is 1. The highest BCUT2D eigenvalue weighted by molar-refractivity contribution is 7.99. The molecule has 0 atom stereocenters. The topological polar surface area (TPSA) is 82.3 Å². The van der Waals surface area contributed by atoms with Gasteiger partial charge in [-0.25, -0.2) is 9.59 Å². The van der Waals surface area contributed by atoms with Crippen molar-refractivity contribution in [1.82, 2.24) is 5.32 Å². The maximum atomic E-state index is 12.4. The molecule has 0 bridgehead atoms. The fourth-order valence-electron chi connectivity index (χ4n) is 3.48. The van der Waals surface area contributed by atoms with Gasteiger partial charge in [0.05, 0.1) is 0 Å². The zero-order valence-electron chi connectivity index (χ0n) is 20.2. The summed E-state index contributed by atoms with van der Waals surface area (Å²) in [6.45, 7) is 2.08. The van der Waals surface area contributed by atoms with Crippen LogP contribution in [0.4, 0.5) is 26.7 Å². The number of benzene rings is 4. The molecule has 4 aromatic rings. The molecule has 0 aliphatic heterocycles. The maximum absolute atomic E-state index is 12.4. The van der Waals surface area contributed by atoms with Crippen molar-refractivity contribution in [2.24, 2.45) is 0 Å². The quantitative estimate of drug-likeness (QED) is 0.220. The molecule has 0 saturated carbocycles. The molecular formula is C29H28N4O2S. The second-order valence-corrected chi connectivity index (χ2v) is 9.44. The Bertz CT molecular complexity index is 1300. The molecule has 36 heavy (non-hydrogen) atoms. The van der Waals surface area contributed by atoms with Gasteiger partial charge in [0.2, 0.25) is 0 Å². The first-order valence-electron chi connectivity index (χ1n) is 11.6. The molecule has 0 unspecified atom stereocenters. The van der Waals surface area contributed by atoms with E-state index in [4.69, 9.17) is 0 Å². The number of anilines is 3. The SMILES string of the molecule is CNC(=O)Nc1ccc(Sc2ccc(NC(=O)Nc3ccc(Cc4ccc(C)cc4)cc3)cc2)cc1. The molecule has 0 radical (unpaired) electrons. The summed E-state index contributed by atoms with van der Waals surface area (Å²) in [5.41, 5.74) is 5.87. The van der Waals surface area contributed by atoms with Crippen LogP contribution < -0.4 is 21.3 Å². The van der Waals surface area contributed by atoms with E-state index in [0.29, 0.717) is 5.69 Å². The number of nitrogens with one attached hydrogen (secondary N) is 4. The van der Waals surface area contributed by atoms with E-state index in [1.165, 1.54) is 16.7 Å². The van der Waals surface area contributed by atoms with E-state index in [1.54, 1.807) is 18.8 Å². The molecule has 0 saturated heterocycles. The summed E-state index contributed by atoms with van der Waals surface area (Å²) in [6, 6.07) is 31.1. The largest absolute Gasteiger partial charge is 0.341 e. The Hall–Kier alpha value is -4.23. The highest BCUT2D eigenvalue weighted by atomic mass is 32.2. The van der Waals surface area contributed by atoms with Gasteiger partial charge >= 0.3 is 12.1 Å². The summed E-state index contributed by atoms with van der Waals surface area (Å²) in [5.74, 6) is 0. The summed E-state index contributed by atoms with van der Waals surface area (Å²) in [7, 11) is 1.58. The van der Waals surface area contributed by atoms with Crippen molar-refractivity contribution in [3.63, 3.8) is 0 Å². The Balaban J connectivity index is 1.26. The Kier molecular flexibility index (Phi) is 8.26. The lowest BCUT2D eigenvalue weighted by molar-refractivity contribution is 0.254. The molecule has 182 valence electrons. The number of hydrogen-bond donors (Lipinski definition) is 4. The number of amides is 4. The van der Waals surface area contributed by atoms with Crippen molar-refractivity contribution in [3.8, 4) is 0 Å². The third-order valence-corrected chi connectivity index (χ3v) is 6.44. The van der Waals surface area contributed by atoms with Gasteiger partial charge in [-0.05, 0) is 85.1 Å². The average molecular weight is 497 g/mol. The smallest absolute Gasteiger partial charge is 0.323 e. The molecule has 0 aromatic heterocycles. The van der Waals surface area contributed by atoms with Gasteiger partial charge < -0.3 is 21.3 Å². The minimum atomic E-state index is -0.291. The molecule has 7 heteroatoms. The first kappa shape index (κ1) is 24.9. The third-order valence-electron chi connectivity index (χ3n) is 5.43. The predicted molar refractivity (Wildman–Crippen MR) is 148 cm³/mol. The molecule has 0 aliphatic carbocycles. The molecule has 4 aromatic carbocycles. The van der Waals surface area contributed by atoms with Crippen LogP contribution in [0.2, 0.25) is 0 Å². The second kappa shape index (κ2) is 12.0. The summed E-state index contributed by atoms with van der Waals surface area (Å²) in [6.07, 6.45) is 0.855. The van der Waals surface area contributed by atoms with E-state index < -0.39 is 0 Å². The van der Waals surface area contributed by atoms with Crippen LogP contribution in [0.15, 0.2) is 107 Å². The van der Waals surface area contributed by atoms with Crippen LogP contribution in [0.1, 0.15) is 16.7 Å². The summed E-state index contributed by atoms with van der Waals surface area (Å²) in [4.78, 5) is 25.9. The molecule has 0 spiro atoms. The van der Waals surface area contributed by atoms with Crippen molar-refractivity contribution in [1.29, 1.82) is 0 Å². The molecule has 4 amide bonds. The van der Waals surface area contributed by atoms with E-state index in [-0.39, 0.29) is 12.1 Å². The van der Waals surface area contributed by atoms with Crippen LogP contribution in [0.5, 0.6) is 0 Å². The van der Waals surface area contributed by atoms with Crippen LogP contribution in [0, 0.1) is 6.92 Å². The van der Waals surface area contributed by atoms with Crippen LogP contribution in [-0.2, 0) is 6.42 Å². The van der Waals surface area contributed by atoms with Gasteiger partial charge in [-0.3, -0.25) is 0 Å². The van der Waals surface area contributed by atoms with Crippen LogP contribution in [0.25, 0.3) is 0 Å². The van der Waals surface area contributed by atoms with Gasteiger partial charge in [0.1, 0.15) is 0 Å². The third kappa shape index (κ3) is 7.38. The fourth-order valence-corrected chi connectivity index (χ4v) is 4.30. The van der Waals surface area contributed by atoms with Gasteiger partial charge in [-0.15, -0.1) is 0 Å². The maximum Gasteiger partial charge on any atom is 0.323 e. The van der Waals surface area contributed by atoms with Crippen molar-refractivity contribution < 1.29 is 9.59 Å². The van der Waals surface area contributed by atoms with E-state index >= 15 is 0 Å². The molecule has 6 nitrogen and oxygen atoms in total. The Morgan fingerprint density at radius 3 is 1.42 bits per heavy atom. The summed E-state index contributed by atoms with van der Waals surface area (Å²) >= 11 is 1.60. The Morgan fingerprint density at radius 2 is 0.972 bits per heavy atom. The molecule has 4 rings (SSSR count). The van der Waals surface area contributed by atoms with Crippen LogP contribution in [-0.4, -0.2) is 19.1 Å². The lowest BCUT2D eigenvalue weighted by atomic mass is 10.0. The monoisotopic (exact) mass is 496 g/mol. The van der Waals surface area contributed by atoms with E-state index in [0.717, 1.165) is 27.6 Å². The molecular weight excluding hydrogens is 468 g/mol. The van der Waals surface area contributed by atoms with Crippen molar-refractivity contribution in [3.05, 3.63) is 114 Å². The second-order valence-electron chi connectivity index (χ2n) is 8.29. The average Bonchev–Trinajstić information content (AvgIpc) is 2.89. The zero-order chi connectivity index (χ0) is 25.3. The highest BCUT2D eigenvalue weighted by Crippen LogP contribution is 2.29. The lowest BCUT2D eigenvalue weighted by Crippen LogP contribution is -2.24. The number of carbonyl (C=O) groups is 2. The van der Waals surface area contributed by atoms with Crippen LogP contribution in [0.3, 0.4) is 0 Å². The van der Waals surface area contributed by atoms with Gasteiger partial charge in [0, 0.05) is 33.9 Å². The Morgan fingerprint density at radius 1 is 0.583 bits per heavy atom. The summed E-state index contributed by atoms with van der Waals surface area (Å²) in [5, 5.41) is 11.0. The zero-order valence-corrected chi connectivity index (χ0v) is 21.0. The van der Waals surface area contributed by atoms with Crippen molar-refractivity contribution in [2.75, 3.05) is 23.0 Å². The normalized spacial score (nSPS) is 10.4. The van der Waals surface area contributed by atoms with Gasteiger partial charge in [-0.1, -0.05) is 53.7 Å². The van der Waals surface area contributed by atoms with Gasteiger partial charge in [0.15, 0.2) is 0 Å². The van der Waals surface area contributed by atoms with E-state index in [9.17, 15) is 9.59 Å². The van der Waals surface area contributed by atoms with E-state index in [2.05, 4.69) is 52.5 Å². The van der Waals surface area contributed by atoms with Gasteiger partial charge in [-0.2, -0.15) is 0 Å². The molecule has 4 N–H and O–H groups in total. The number of hydrogen-bond acceptors (Lipinski definition) is 3. The first-order chi connectivity index (χ1) is 17.5. The Labute approximate surface area is 215 Å². The van der Waals surface area contributed by atoms with Crippen molar-refractivity contribution >= 4 is 40.9 Å². The molecule has 0 heterocycles. The predicted octanol–water partition coefficient (Wildman–Crippen LogP) is 7.13. The first-order valence-corrected chi connectivity index (χ1v) is 12.4. The standard InChI is InChI=1S/C29H28N4O2S/c1-20-3-5-21(6-4-20)19-22-7-9-23(10-8-22)32-29(35)33-25-13-17-27(18-14-25)36-26-15-11-24(12-16-26)31-28(34)30-2/h3-18H,19H2,1-2H3,(H2,30,31,34)(H2,32,33,35). The van der Waals surface area contributed by atoms with Crippen molar-refractivity contribution in [2.45, 2.75) is 23.1 Å². The van der Waals surface area contributed by atoms with Crippen LogP contribution >= 0.6 is 11.8 Å². The highest BCUT2D eigenvalue weighted by Gasteiger charge is 2.05. The molecule has 0 fully saturated rings. The number of urea groups is 2. The molecule has 0 aliphatic rings. The summed E-state index contributed by atoms with van der Waals surface area (Å²) < 4.78 is 0. The fraction of sp³-hybridized carbons (Fsp3) is 0.103. The number of rotatable bonds is 7. The minimum absolute atomic E-state index is 0.252. The lowest BCUT2D eigenvalue weighted by Gasteiger charge is -2.10. The minimum Gasteiger partial charge on any atom is -0.341 e. The van der Waals surface area contributed by atoms with Gasteiger partial charge in [0.25, 0.3) is 0 Å². The number of carbonyl (C=O) groups excluding carboxylic acids is 2. The van der Waals surface area contributed by atoms with E-state index in [1.807, 2.05) is 72.8 Å².